The average Bonchev–Trinajstić information content (AvgIpc) is 2.30. The van der Waals surface area contributed by atoms with E-state index in [0.29, 0.717) is 12.5 Å². The molecular formula is C11H21NO4. The van der Waals surface area contributed by atoms with Gasteiger partial charge in [0.2, 0.25) is 0 Å². The molecule has 0 aromatic heterocycles. The van der Waals surface area contributed by atoms with E-state index >= 15 is 0 Å². The van der Waals surface area contributed by atoms with Gasteiger partial charge in [-0.15, -0.1) is 0 Å². The van der Waals surface area contributed by atoms with E-state index in [1.165, 1.54) is 0 Å². The molecule has 0 aliphatic carbocycles. The number of rotatable bonds is 6. The fraction of sp³-hybridized carbons (Fsp3) is 0.909. The monoisotopic (exact) mass is 231 g/mol. The lowest BCUT2D eigenvalue weighted by atomic mass is 10.0. The summed E-state index contributed by atoms with van der Waals surface area (Å²) in [4.78, 5) is 11.0. The van der Waals surface area contributed by atoms with Gasteiger partial charge in [-0.2, -0.15) is 0 Å². The molecule has 1 saturated heterocycles. The first-order valence-corrected chi connectivity index (χ1v) is 5.66. The Hall–Kier alpha value is -0.650. The number of likely N-dealkylation sites (N-methyl/N-ethyl adjacent to an activating group) is 1. The predicted octanol–water partition coefficient (Wildman–Crippen LogP) is 0.492. The normalized spacial score (nSPS) is 21.6. The van der Waals surface area contributed by atoms with E-state index in [1.54, 1.807) is 14.0 Å². The number of carboxylic acid groups (broad SMARTS) is 1. The molecule has 1 heterocycles. The van der Waals surface area contributed by atoms with Crippen LogP contribution in [0.25, 0.3) is 0 Å². The van der Waals surface area contributed by atoms with Crippen LogP contribution >= 0.6 is 0 Å². The summed E-state index contributed by atoms with van der Waals surface area (Å²) in [5.41, 5.74) is -0.995. The highest BCUT2D eigenvalue weighted by Gasteiger charge is 2.31. The Morgan fingerprint density at radius 1 is 1.56 bits per heavy atom. The zero-order valence-corrected chi connectivity index (χ0v) is 9.99. The quantitative estimate of drug-likeness (QED) is 0.696. The van der Waals surface area contributed by atoms with E-state index in [0.717, 1.165) is 26.1 Å². The predicted molar refractivity (Wildman–Crippen MR) is 59.5 cm³/mol. The van der Waals surface area contributed by atoms with Crippen LogP contribution in [0.5, 0.6) is 0 Å². The van der Waals surface area contributed by atoms with Crippen LogP contribution in [0.2, 0.25) is 0 Å². The first kappa shape index (κ1) is 13.4. The maximum atomic E-state index is 11.0. The highest BCUT2D eigenvalue weighted by molar-refractivity contribution is 5.78. The van der Waals surface area contributed by atoms with Crippen molar-refractivity contribution in [2.75, 3.05) is 33.5 Å². The fourth-order valence-corrected chi connectivity index (χ4v) is 1.58. The van der Waals surface area contributed by atoms with Crippen molar-refractivity contribution in [3.05, 3.63) is 0 Å². The minimum atomic E-state index is -0.995. The number of hydrogen-bond donors (Lipinski definition) is 2. The van der Waals surface area contributed by atoms with Crippen LogP contribution in [0.15, 0.2) is 0 Å². The summed E-state index contributed by atoms with van der Waals surface area (Å²) in [6, 6.07) is 0. The second kappa shape index (κ2) is 6.18. The molecule has 16 heavy (non-hydrogen) atoms. The zero-order chi connectivity index (χ0) is 12.0. The first-order chi connectivity index (χ1) is 7.58. The zero-order valence-electron chi connectivity index (χ0n) is 9.99. The van der Waals surface area contributed by atoms with E-state index in [4.69, 9.17) is 14.6 Å². The summed E-state index contributed by atoms with van der Waals surface area (Å²) >= 11 is 0. The molecule has 1 fully saturated rings. The molecule has 1 rings (SSSR count). The molecule has 0 bridgehead atoms. The van der Waals surface area contributed by atoms with Crippen LogP contribution in [-0.4, -0.2) is 50.1 Å². The molecule has 0 aromatic rings. The Kier molecular flexibility index (Phi) is 5.18. The Morgan fingerprint density at radius 2 is 2.19 bits per heavy atom. The van der Waals surface area contributed by atoms with Gasteiger partial charge in [0.15, 0.2) is 0 Å². The van der Waals surface area contributed by atoms with Gasteiger partial charge >= 0.3 is 5.97 Å². The van der Waals surface area contributed by atoms with Crippen LogP contribution in [-0.2, 0) is 14.3 Å². The van der Waals surface area contributed by atoms with Crippen LogP contribution in [0.4, 0.5) is 0 Å². The van der Waals surface area contributed by atoms with E-state index in [9.17, 15) is 4.79 Å². The smallest absolute Gasteiger partial charge is 0.326 e. The second-order valence-electron chi connectivity index (χ2n) is 4.46. The van der Waals surface area contributed by atoms with Crippen LogP contribution < -0.4 is 5.32 Å². The Labute approximate surface area is 96.1 Å². The van der Waals surface area contributed by atoms with Gasteiger partial charge in [0, 0.05) is 19.8 Å². The SMILES string of the molecule is CNC(C)(COCC1CCOCC1)C(=O)O. The van der Waals surface area contributed by atoms with Crippen molar-refractivity contribution >= 4 is 5.97 Å². The van der Waals surface area contributed by atoms with E-state index in [-0.39, 0.29) is 6.61 Å². The van der Waals surface area contributed by atoms with Crippen molar-refractivity contribution in [2.45, 2.75) is 25.3 Å². The molecule has 1 aliphatic heterocycles. The molecule has 0 spiro atoms. The molecule has 1 unspecified atom stereocenters. The third-order valence-electron chi connectivity index (χ3n) is 3.11. The van der Waals surface area contributed by atoms with Gasteiger partial charge < -0.3 is 19.9 Å². The van der Waals surface area contributed by atoms with Crippen molar-refractivity contribution < 1.29 is 19.4 Å². The fourth-order valence-electron chi connectivity index (χ4n) is 1.58. The highest BCUT2D eigenvalue weighted by Crippen LogP contribution is 2.15. The van der Waals surface area contributed by atoms with Crippen molar-refractivity contribution in [1.82, 2.24) is 5.32 Å². The summed E-state index contributed by atoms with van der Waals surface area (Å²) in [5.74, 6) is -0.384. The summed E-state index contributed by atoms with van der Waals surface area (Å²) in [6.07, 6.45) is 2.01. The summed E-state index contributed by atoms with van der Waals surface area (Å²) < 4.78 is 10.7. The molecule has 2 N–H and O–H groups in total. The summed E-state index contributed by atoms with van der Waals surface area (Å²) in [5, 5.41) is 11.8. The van der Waals surface area contributed by atoms with Crippen LogP contribution in [0.3, 0.4) is 0 Å². The van der Waals surface area contributed by atoms with Gasteiger partial charge in [-0.1, -0.05) is 0 Å². The molecule has 0 aromatic carbocycles. The van der Waals surface area contributed by atoms with Gasteiger partial charge in [0.1, 0.15) is 5.54 Å². The summed E-state index contributed by atoms with van der Waals surface area (Å²) in [7, 11) is 1.63. The van der Waals surface area contributed by atoms with Gasteiger partial charge in [-0.25, -0.2) is 0 Å². The van der Waals surface area contributed by atoms with Crippen molar-refractivity contribution in [3.63, 3.8) is 0 Å². The third-order valence-corrected chi connectivity index (χ3v) is 3.11. The molecule has 5 heteroatoms. The lowest BCUT2D eigenvalue weighted by molar-refractivity contribution is -0.147. The Bertz CT molecular complexity index is 228. The molecular weight excluding hydrogens is 210 g/mol. The highest BCUT2D eigenvalue weighted by atomic mass is 16.5. The second-order valence-corrected chi connectivity index (χ2v) is 4.46. The molecule has 94 valence electrons. The average molecular weight is 231 g/mol. The number of nitrogens with one attached hydrogen (secondary N) is 1. The lowest BCUT2D eigenvalue weighted by Gasteiger charge is -2.26. The van der Waals surface area contributed by atoms with Gasteiger partial charge in [-0.05, 0) is 32.7 Å². The van der Waals surface area contributed by atoms with Crippen LogP contribution in [0.1, 0.15) is 19.8 Å². The molecule has 1 atom stereocenters. The van der Waals surface area contributed by atoms with E-state index < -0.39 is 11.5 Å². The van der Waals surface area contributed by atoms with Crippen molar-refractivity contribution in [1.29, 1.82) is 0 Å². The molecule has 0 amide bonds. The first-order valence-electron chi connectivity index (χ1n) is 5.66. The maximum Gasteiger partial charge on any atom is 0.326 e. The Balaban J connectivity index is 2.25. The lowest BCUT2D eigenvalue weighted by Crippen LogP contribution is -2.51. The third kappa shape index (κ3) is 3.73. The topological polar surface area (TPSA) is 67.8 Å². The van der Waals surface area contributed by atoms with Gasteiger partial charge in [-0.3, -0.25) is 4.79 Å². The standard InChI is InChI=1S/C11H21NO4/c1-11(12-2,10(13)14)8-16-7-9-3-5-15-6-4-9/h9,12H,3-8H2,1-2H3,(H,13,14). The van der Waals surface area contributed by atoms with Crippen molar-refractivity contribution in [3.8, 4) is 0 Å². The molecule has 1 aliphatic rings. The van der Waals surface area contributed by atoms with Crippen LogP contribution in [0, 0.1) is 5.92 Å². The summed E-state index contributed by atoms with van der Waals surface area (Å²) in [6.45, 7) is 4.01. The van der Waals surface area contributed by atoms with Gasteiger partial charge in [0.05, 0.1) is 6.61 Å². The minimum Gasteiger partial charge on any atom is -0.480 e. The number of carbonyl (C=O) groups is 1. The number of carboxylic acids is 1. The molecule has 0 radical (unpaired) electrons. The van der Waals surface area contributed by atoms with E-state index in [2.05, 4.69) is 5.32 Å². The number of ether oxygens (including phenoxy) is 2. The Morgan fingerprint density at radius 3 is 2.69 bits per heavy atom. The minimum absolute atomic E-state index is 0.191. The maximum absolute atomic E-state index is 11.0. The van der Waals surface area contributed by atoms with Gasteiger partial charge in [0.25, 0.3) is 0 Å². The number of hydrogen-bond acceptors (Lipinski definition) is 4. The molecule has 5 nitrogen and oxygen atoms in total. The van der Waals surface area contributed by atoms with E-state index in [1.807, 2.05) is 0 Å². The van der Waals surface area contributed by atoms with Crippen molar-refractivity contribution in [2.24, 2.45) is 5.92 Å². The largest absolute Gasteiger partial charge is 0.480 e. The molecule has 0 saturated carbocycles. The number of aliphatic carboxylic acids is 1.